The number of hydrogen-bond acceptors (Lipinski definition) is 4. The van der Waals surface area contributed by atoms with Gasteiger partial charge in [0, 0.05) is 12.0 Å². The van der Waals surface area contributed by atoms with E-state index >= 15 is 0 Å². The number of rotatable bonds is 3. The van der Waals surface area contributed by atoms with Gasteiger partial charge < -0.3 is 15.0 Å². The van der Waals surface area contributed by atoms with Crippen molar-refractivity contribution < 1.29 is 9.26 Å². The largest absolute Gasteiger partial charge is 0.479 e. The minimum Gasteiger partial charge on any atom is -0.479 e. The SMILES string of the molecule is COc1cc([C@H]2[C@H](CN)C2(C)C)on1. The minimum absolute atomic E-state index is 0.235. The first-order valence-electron chi connectivity index (χ1n) is 4.82. The molecule has 0 aromatic carbocycles. The molecule has 1 aromatic heterocycles. The fraction of sp³-hybridized carbons (Fsp3) is 0.700. The predicted molar refractivity (Wildman–Crippen MR) is 52.1 cm³/mol. The summed E-state index contributed by atoms with van der Waals surface area (Å²) < 4.78 is 10.2. The van der Waals surface area contributed by atoms with Gasteiger partial charge in [0.2, 0.25) is 0 Å². The van der Waals surface area contributed by atoms with Gasteiger partial charge in [-0.2, -0.15) is 0 Å². The van der Waals surface area contributed by atoms with E-state index in [1.54, 1.807) is 7.11 Å². The average Bonchev–Trinajstić information content (AvgIpc) is 2.55. The molecule has 2 N–H and O–H groups in total. The fourth-order valence-corrected chi connectivity index (χ4v) is 2.26. The number of nitrogens with two attached hydrogens (primary N) is 1. The van der Waals surface area contributed by atoms with Crippen LogP contribution in [0.5, 0.6) is 5.88 Å². The number of hydrogen-bond donors (Lipinski definition) is 1. The molecule has 0 aliphatic heterocycles. The van der Waals surface area contributed by atoms with E-state index in [1.165, 1.54) is 0 Å². The lowest BCUT2D eigenvalue weighted by Crippen LogP contribution is -2.05. The van der Waals surface area contributed by atoms with Crippen LogP contribution in [0.1, 0.15) is 25.5 Å². The van der Waals surface area contributed by atoms with Crippen molar-refractivity contribution in [1.29, 1.82) is 0 Å². The van der Waals surface area contributed by atoms with E-state index in [2.05, 4.69) is 19.0 Å². The molecule has 0 spiro atoms. The molecule has 1 heterocycles. The van der Waals surface area contributed by atoms with E-state index in [-0.39, 0.29) is 5.41 Å². The van der Waals surface area contributed by atoms with Crippen molar-refractivity contribution in [3.8, 4) is 5.88 Å². The maximum Gasteiger partial charge on any atom is 0.254 e. The van der Waals surface area contributed by atoms with E-state index in [1.807, 2.05) is 6.07 Å². The second-order valence-corrected chi connectivity index (χ2v) is 4.41. The highest BCUT2D eigenvalue weighted by Gasteiger charge is 2.59. The van der Waals surface area contributed by atoms with Crippen LogP contribution in [0.4, 0.5) is 0 Å². The van der Waals surface area contributed by atoms with E-state index in [4.69, 9.17) is 15.0 Å². The fourth-order valence-electron chi connectivity index (χ4n) is 2.26. The van der Waals surface area contributed by atoms with Crippen molar-refractivity contribution in [1.82, 2.24) is 5.16 Å². The first kappa shape index (κ1) is 9.52. The topological polar surface area (TPSA) is 61.3 Å². The molecule has 1 saturated carbocycles. The molecule has 1 aromatic rings. The van der Waals surface area contributed by atoms with Crippen LogP contribution in [-0.2, 0) is 0 Å². The Hall–Kier alpha value is -1.03. The standard InChI is InChI=1S/C10H16N2O2/c1-10(2)6(5-11)9(10)7-4-8(13-3)12-14-7/h4,6,9H,5,11H2,1-3H3/t6-,9+/m0/s1. The Kier molecular flexibility index (Phi) is 2.03. The number of ether oxygens (including phenoxy) is 1. The van der Waals surface area contributed by atoms with Crippen LogP contribution < -0.4 is 10.5 Å². The Morgan fingerprint density at radius 1 is 1.64 bits per heavy atom. The molecule has 78 valence electrons. The maximum atomic E-state index is 5.68. The van der Waals surface area contributed by atoms with Crippen LogP contribution in [0.15, 0.2) is 10.6 Å². The van der Waals surface area contributed by atoms with Crippen molar-refractivity contribution in [3.05, 3.63) is 11.8 Å². The summed E-state index contributed by atoms with van der Waals surface area (Å²) in [5.74, 6) is 2.32. The van der Waals surface area contributed by atoms with Gasteiger partial charge in [-0.1, -0.05) is 13.8 Å². The van der Waals surface area contributed by atoms with Crippen LogP contribution >= 0.6 is 0 Å². The quantitative estimate of drug-likeness (QED) is 0.793. The molecule has 0 bridgehead atoms. The Bertz CT molecular complexity index is 333. The van der Waals surface area contributed by atoms with Gasteiger partial charge in [0.25, 0.3) is 5.88 Å². The second kappa shape index (κ2) is 2.98. The number of aromatic nitrogens is 1. The van der Waals surface area contributed by atoms with Crippen LogP contribution in [0.25, 0.3) is 0 Å². The monoisotopic (exact) mass is 196 g/mol. The summed E-state index contributed by atoms with van der Waals surface area (Å²) in [6.07, 6.45) is 0. The Labute approximate surface area is 83.4 Å². The first-order chi connectivity index (χ1) is 6.61. The molecular formula is C10H16N2O2. The van der Waals surface area contributed by atoms with Gasteiger partial charge in [0.15, 0.2) is 0 Å². The van der Waals surface area contributed by atoms with Crippen molar-refractivity contribution in [2.75, 3.05) is 13.7 Å². The summed E-state index contributed by atoms with van der Waals surface area (Å²) in [4.78, 5) is 0. The van der Waals surface area contributed by atoms with Crippen LogP contribution in [-0.4, -0.2) is 18.8 Å². The molecule has 4 nitrogen and oxygen atoms in total. The van der Waals surface area contributed by atoms with E-state index < -0.39 is 0 Å². The molecule has 1 fully saturated rings. The van der Waals surface area contributed by atoms with E-state index in [9.17, 15) is 0 Å². The van der Waals surface area contributed by atoms with Crippen molar-refractivity contribution >= 4 is 0 Å². The van der Waals surface area contributed by atoms with Gasteiger partial charge in [-0.3, -0.25) is 0 Å². The zero-order valence-corrected chi connectivity index (χ0v) is 8.78. The molecule has 14 heavy (non-hydrogen) atoms. The van der Waals surface area contributed by atoms with Crippen molar-refractivity contribution in [2.24, 2.45) is 17.1 Å². The summed E-state index contributed by atoms with van der Waals surface area (Å²) in [6.45, 7) is 5.09. The third-order valence-corrected chi connectivity index (χ3v) is 3.33. The molecule has 0 unspecified atom stereocenters. The third-order valence-electron chi connectivity index (χ3n) is 3.33. The summed E-state index contributed by atoms with van der Waals surface area (Å²) in [5, 5.41) is 3.79. The van der Waals surface area contributed by atoms with Crippen LogP contribution in [0.3, 0.4) is 0 Å². The number of methoxy groups -OCH3 is 1. The van der Waals surface area contributed by atoms with Crippen molar-refractivity contribution in [3.63, 3.8) is 0 Å². The number of nitrogens with zero attached hydrogens (tertiary/aromatic N) is 1. The summed E-state index contributed by atoms with van der Waals surface area (Å²) in [7, 11) is 1.58. The lowest BCUT2D eigenvalue weighted by molar-refractivity contribution is 0.322. The van der Waals surface area contributed by atoms with Gasteiger partial charge in [0.05, 0.1) is 7.11 Å². The Morgan fingerprint density at radius 2 is 2.36 bits per heavy atom. The van der Waals surface area contributed by atoms with Gasteiger partial charge in [0.1, 0.15) is 5.76 Å². The molecule has 0 amide bonds. The third kappa shape index (κ3) is 1.21. The molecule has 1 aliphatic rings. The van der Waals surface area contributed by atoms with Gasteiger partial charge in [-0.25, -0.2) is 0 Å². The zero-order valence-electron chi connectivity index (χ0n) is 8.78. The Balaban J connectivity index is 2.18. The lowest BCUT2D eigenvalue weighted by Gasteiger charge is -1.97. The molecule has 1 aliphatic carbocycles. The first-order valence-corrected chi connectivity index (χ1v) is 4.82. The Morgan fingerprint density at radius 3 is 2.79 bits per heavy atom. The van der Waals surface area contributed by atoms with E-state index in [0.717, 1.165) is 5.76 Å². The molecule has 2 rings (SSSR count). The summed E-state index contributed by atoms with van der Waals surface area (Å²) >= 11 is 0. The molecular weight excluding hydrogens is 180 g/mol. The van der Waals surface area contributed by atoms with Gasteiger partial charge in [-0.05, 0) is 23.0 Å². The van der Waals surface area contributed by atoms with Crippen LogP contribution in [0.2, 0.25) is 0 Å². The molecule has 0 saturated heterocycles. The molecule has 0 radical (unpaired) electrons. The zero-order chi connectivity index (χ0) is 10.3. The second-order valence-electron chi connectivity index (χ2n) is 4.41. The van der Waals surface area contributed by atoms with Gasteiger partial charge in [-0.15, -0.1) is 0 Å². The highest BCUT2D eigenvalue weighted by atomic mass is 16.5. The minimum atomic E-state index is 0.235. The highest BCUT2D eigenvalue weighted by Crippen LogP contribution is 2.63. The maximum absolute atomic E-state index is 5.68. The lowest BCUT2D eigenvalue weighted by atomic mass is 10.1. The van der Waals surface area contributed by atoms with Gasteiger partial charge >= 0.3 is 0 Å². The highest BCUT2D eigenvalue weighted by molar-refractivity contribution is 5.27. The summed E-state index contributed by atoms with van der Waals surface area (Å²) in [6, 6.07) is 1.85. The van der Waals surface area contributed by atoms with E-state index in [0.29, 0.717) is 24.3 Å². The molecule has 2 atom stereocenters. The smallest absolute Gasteiger partial charge is 0.254 e. The van der Waals surface area contributed by atoms with Crippen molar-refractivity contribution in [2.45, 2.75) is 19.8 Å². The predicted octanol–water partition coefficient (Wildman–Crippen LogP) is 1.38. The summed E-state index contributed by atoms with van der Waals surface area (Å²) in [5.41, 5.74) is 5.92. The average molecular weight is 196 g/mol. The van der Waals surface area contributed by atoms with Crippen LogP contribution in [0, 0.1) is 11.3 Å². The normalized spacial score (nSPS) is 28.9. The molecule has 4 heteroatoms.